The van der Waals surface area contributed by atoms with E-state index in [1.54, 1.807) is 35.0 Å². The second-order valence-corrected chi connectivity index (χ2v) is 5.83. The van der Waals surface area contributed by atoms with Crippen molar-refractivity contribution in [1.82, 2.24) is 14.6 Å². The Labute approximate surface area is 140 Å². The van der Waals surface area contributed by atoms with Gasteiger partial charge in [0.05, 0.1) is 22.1 Å². The molecule has 3 rings (SSSR count). The second-order valence-electron chi connectivity index (χ2n) is 4.98. The largest absolute Gasteiger partial charge is 0.513 e. The van der Waals surface area contributed by atoms with E-state index in [1.807, 2.05) is 0 Å². The quantitative estimate of drug-likeness (QED) is 0.655. The Balaban J connectivity index is 2.07. The maximum Gasteiger partial charge on any atom is 0.172 e. The van der Waals surface area contributed by atoms with Crippen LogP contribution in [-0.2, 0) is 0 Å². The van der Waals surface area contributed by atoms with E-state index in [2.05, 4.69) is 37.9 Å². The standard InChI is InChI=1S/C16H14BrFN4O/c1-10(23)6-7-19-15-8-14(11-4-2-3-5-13(11)18)21-16-12(17)9-20-22(15)16/h2-5,8-9,19,23H,1,6-7H2. The molecule has 0 spiro atoms. The van der Waals surface area contributed by atoms with Crippen molar-refractivity contribution in [2.24, 2.45) is 0 Å². The fourth-order valence-electron chi connectivity index (χ4n) is 2.20. The van der Waals surface area contributed by atoms with E-state index in [4.69, 9.17) is 0 Å². The summed E-state index contributed by atoms with van der Waals surface area (Å²) >= 11 is 3.40. The number of aliphatic hydroxyl groups is 1. The van der Waals surface area contributed by atoms with Crippen LogP contribution in [0.1, 0.15) is 6.42 Å². The first-order chi connectivity index (χ1) is 11.1. The van der Waals surface area contributed by atoms with Crippen LogP contribution in [0.2, 0.25) is 0 Å². The normalized spacial score (nSPS) is 10.9. The number of fused-ring (bicyclic) bond motifs is 1. The van der Waals surface area contributed by atoms with Crippen LogP contribution in [0.25, 0.3) is 16.9 Å². The topological polar surface area (TPSA) is 62.5 Å². The van der Waals surface area contributed by atoms with Gasteiger partial charge in [0.1, 0.15) is 11.6 Å². The van der Waals surface area contributed by atoms with Gasteiger partial charge in [0.2, 0.25) is 0 Å². The molecule has 0 saturated carbocycles. The Hall–Kier alpha value is -2.41. The van der Waals surface area contributed by atoms with Gasteiger partial charge in [0, 0.05) is 24.6 Å². The summed E-state index contributed by atoms with van der Waals surface area (Å²) < 4.78 is 16.4. The third-order valence-electron chi connectivity index (χ3n) is 3.30. The molecular formula is C16H14BrFN4O. The van der Waals surface area contributed by atoms with Crippen LogP contribution in [0, 0.1) is 5.82 Å². The average molecular weight is 377 g/mol. The molecule has 0 amide bonds. The molecule has 0 atom stereocenters. The first kappa shape index (κ1) is 15.5. The number of rotatable bonds is 5. The van der Waals surface area contributed by atoms with Crippen molar-refractivity contribution in [3.8, 4) is 11.3 Å². The van der Waals surface area contributed by atoms with Crippen molar-refractivity contribution in [1.29, 1.82) is 0 Å². The maximum atomic E-state index is 14.1. The molecule has 0 saturated heterocycles. The molecule has 0 unspecified atom stereocenters. The summed E-state index contributed by atoms with van der Waals surface area (Å²) in [5.41, 5.74) is 1.50. The highest BCUT2D eigenvalue weighted by Crippen LogP contribution is 2.27. The maximum absolute atomic E-state index is 14.1. The Bertz CT molecular complexity index is 878. The zero-order valence-corrected chi connectivity index (χ0v) is 13.7. The van der Waals surface area contributed by atoms with Gasteiger partial charge in [-0.1, -0.05) is 18.7 Å². The van der Waals surface area contributed by atoms with Crippen LogP contribution in [0.4, 0.5) is 10.2 Å². The molecule has 2 aromatic heterocycles. The molecule has 23 heavy (non-hydrogen) atoms. The van der Waals surface area contributed by atoms with Gasteiger partial charge in [-0.05, 0) is 28.1 Å². The molecule has 0 fully saturated rings. The number of aromatic nitrogens is 3. The van der Waals surface area contributed by atoms with Crippen molar-refractivity contribution in [2.75, 3.05) is 11.9 Å². The molecular weight excluding hydrogens is 363 g/mol. The van der Waals surface area contributed by atoms with Crippen LogP contribution < -0.4 is 5.32 Å². The van der Waals surface area contributed by atoms with Crippen molar-refractivity contribution in [2.45, 2.75) is 6.42 Å². The number of benzene rings is 1. The van der Waals surface area contributed by atoms with Crippen LogP contribution in [-0.4, -0.2) is 26.2 Å². The lowest BCUT2D eigenvalue weighted by Crippen LogP contribution is -2.08. The highest BCUT2D eigenvalue weighted by Gasteiger charge is 2.13. The molecule has 3 aromatic rings. The van der Waals surface area contributed by atoms with Crippen LogP contribution in [0.5, 0.6) is 0 Å². The number of anilines is 1. The highest BCUT2D eigenvalue weighted by atomic mass is 79.9. The zero-order chi connectivity index (χ0) is 16.4. The molecule has 5 nitrogen and oxygen atoms in total. The van der Waals surface area contributed by atoms with Gasteiger partial charge in [0.25, 0.3) is 0 Å². The molecule has 118 valence electrons. The Morgan fingerprint density at radius 1 is 1.39 bits per heavy atom. The van der Waals surface area contributed by atoms with E-state index in [-0.39, 0.29) is 11.6 Å². The van der Waals surface area contributed by atoms with Gasteiger partial charge >= 0.3 is 0 Å². The first-order valence-electron chi connectivity index (χ1n) is 6.96. The second kappa shape index (κ2) is 6.37. The summed E-state index contributed by atoms with van der Waals surface area (Å²) in [4.78, 5) is 4.48. The fraction of sp³-hybridized carbons (Fsp3) is 0.125. The molecule has 0 bridgehead atoms. The lowest BCUT2D eigenvalue weighted by atomic mass is 10.1. The smallest absolute Gasteiger partial charge is 0.172 e. The lowest BCUT2D eigenvalue weighted by molar-refractivity contribution is 0.395. The molecule has 0 aliphatic rings. The molecule has 0 aliphatic heterocycles. The Morgan fingerprint density at radius 3 is 2.91 bits per heavy atom. The first-order valence-corrected chi connectivity index (χ1v) is 7.75. The molecule has 1 aromatic carbocycles. The van der Waals surface area contributed by atoms with Gasteiger partial charge in [-0.3, -0.25) is 0 Å². The predicted molar refractivity (Wildman–Crippen MR) is 91.0 cm³/mol. The number of nitrogens with one attached hydrogen (secondary N) is 1. The van der Waals surface area contributed by atoms with Crippen molar-refractivity contribution < 1.29 is 9.50 Å². The summed E-state index contributed by atoms with van der Waals surface area (Å²) in [6.07, 6.45) is 2.03. The van der Waals surface area contributed by atoms with E-state index in [1.165, 1.54) is 6.07 Å². The highest BCUT2D eigenvalue weighted by molar-refractivity contribution is 9.10. The molecule has 2 heterocycles. The fourth-order valence-corrected chi connectivity index (χ4v) is 2.55. The van der Waals surface area contributed by atoms with E-state index >= 15 is 0 Å². The minimum Gasteiger partial charge on any atom is -0.513 e. The minimum atomic E-state index is -0.338. The number of aliphatic hydroxyl groups excluding tert-OH is 1. The summed E-state index contributed by atoms with van der Waals surface area (Å²) in [5.74, 6) is 0.411. The number of halogens is 2. The molecule has 7 heteroatoms. The third kappa shape index (κ3) is 3.19. The minimum absolute atomic E-state index is 0.0961. The average Bonchev–Trinajstić information content (AvgIpc) is 2.89. The van der Waals surface area contributed by atoms with Gasteiger partial charge in [-0.15, -0.1) is 0 Å². The Morgan fingerprint density at radius 2 is 2.17 bits per heavy atom. The van der Waals surface area contributed by atoms with E-state index in [9.17, 15) is 9.50 Å². The van der Waals surface area contributed by atoms with Gasteiger partial charge < -0.3 is 10.4 Å². The van der Waals surface area contributed by atoms with E-state index < -0.39 is 0 Å². The van der Waals surface area contributed by atoms with Gasteiger partial charge in [-0.2, -0.15) is 9.61 Å². The van der Waals surface area contributed by atoms with E-state index in [0.717, 1.165) is 0 Å². The van der Waals surface area contributed by atoms with Gasteiger partial charge in [0.15, 0.2) is 5.65 Å². The van der Waals surface area contributed by atoms with Crippen LogP contribution in [0.3, 0.4) is 0 Å². The molecule has 0 radical (unpaired) electrons. The molecule has 2 N–H and O–H groups in total. The lowest BCUT2D eigenvalue weighted by Gasteiger charge is -2.11. The van der Waals surface area contributed by atoms with E-state index in [0.29, 0.717) is 40.2 Å². The van der Waals surface area contributed by atoms with Crippen molar-refractivity contribution in [3.63, 3.8) is 0 Å². The molecule has 0 aliphatic carbocycles. The Kier molecular flexibility index (Phi) is 4.29. The summed E-state index contributed by atoms with van der Waals surface area (Å²) in [5, 5.41) is 16.6. The van der Waals surface area contributed by atoms with Gasteiger partial charge in [-0.25, -0.2) is 9.37 Å². The predicted octanol–water partition coefficient (Wildman–Crippen LogP) is 4.17. The summed E-state index contributed by atoms with van der Waals surface area (Å²) in [7, 11) is 0. The number of hydrogen-bond donors (Lipinski definition) is 2. The van der Waals surface area contributed by atoms with Crippen LogP contribution >= 0.6 is 15.9 Å². The number of hydrogen-bond acceptors (Lipinski definition) is 4. The van der Waals surface area contributed by atoms with Crippen LogP contribution in [0.15, 0.2) is 53.3 Å². The van der Waals surface area contributed by atoms with Crippen molar-refractivity contribution in [3.05, 3.63) is 59.2 Å². The van der Waals surface area contributed by atoms with Crippen molar-refractivity contribution >= 4 is 27.4 Å². The summed E-state index contributed by atoms with van der Waals surface area (Å²) in [6, 6.07) is 8.20. The third-order valence-corrected chi connectivity index (χ3v) is 3.86. The monoisotopic (exact) mass is 376 g/mol. The SMILES string of the molecule is C=C(O)CCNc1cc(-c2ccccc2F)nc2c(Br)cnn12. The zero-order valence-electron chi connectivity index (χ0n) is 12.1. The summed E-state index contributed by atoms with van der Waals surface area (Å²) in [6.45, 7) is 3.93. The number of nitrogens with zero attached hydrogens (tertiary/aromatic N) is 3.